The van der Waals surface area contributed by atoms with Gasteiger partial charge in [-0.1, -0.05) is 19.6 Å². The van der Waals surface area contributed by atoms with Crippen molar-refractivity contribution in [2.45, 2.75) is 103 Å². The van der Waals surface area contributed by atoms with Crippen molar-refractivity contribution in [2.75, 3.05) is 26.4 Å². The first-order chi connectivity index (χ1) is 17.4. The summed E-state index contributed by atoms with van der Waals surface area (Å²) in [6.07, 6.45) is 5.89. The van der Waals surface area contributed by atoms with Gasteiger partial charge in [0.1, 0.15) is 30.4 Å². The van der Waals surface area contributed by atoms with Crippen molar-refractivity contribution in [3.63, 3.8) is 0 Å². The Balaban J connectivity index is 1.56. The minimum absolute atomic E-state index is 0.0245. The Morgan fingerprint density at radius 2 is 1.92 bits per heavy atom. The van der Waals surface area contributed by atoms with E-state index in [9.17, 15) is 4.79 Å². The Morgan fingerprint density at radius 3 is 2.59 bits per heavy atom. The van der Waals surface area contributed by atoms with E-state index < -0.39 is 13.7 Å². The lowest BCUT2D eigenvalue weighted by Gasteiger charge is -2.26. The largest absolute Gasteiger partial charge is 0.472 e. The number of carbonyl (C=O) groups is 1. The fourth-order valence-electron chi connectivity index (χ4n) is 4.97. The number of aromatic nitrogens is 3. The highest BCUT2D eigenvalue weighted by Gasteiger charge is 2.37. The molecule has 2 aromatic heterocycles. The lowest BCUT2D eigenvalue weighted by atomic mass is 9.92. The standard InChI is InChI=1S/C27H44N4O5Si/c1-19-14-21(15-31(19)26(32)36-27(2,3)4)35-25-23-22(20-8-10-33-11-9-20)16-30(24(23)28-17-29-25)18-34-12-13-37(5,6)7/h16-17,19-21H,8-15,18H2,1-7H3/t19-,21+/m0/s1. The van der Waals surface area contributed by atoms with Gasteiger partial charge in [-0.25, -0.2) is 14.8 Å². The Bertz CT molecular complexity index is 1070. The van der Waals surface area contributed by atoms with Gasteiger partial charge < -0.3 is 28.4 Å². The van der Waals surface area contributed by atoms with Crippen LogP contribution in [0.15, 0.2) is 12.5 Å². The SMILES string of the molecule is C[C@H]1C[C@@H](Oc2ncnc3c2c(C2CCOCC2)cn3COCC[Si](C)(C)C)CN1C(=O)OC(C)(C)C. The molecule has 4 heterocycles. The smallest absolute Gasteiger partial charge is 0.410 e. The van der Waals surface area contributed by atoms with E-state index in [1.807, 2.05) is 27.7 Å². The molecular weight excluding hydrogens is 488 g/mol. The van der Waals surface area contributed by atoms with Gasteiger partial charge in [0.25, 0.3) is 0 Å². The fourth-order valence-corrected chi connectivity index (χ4v) is 5.73. The van der Waals surface area contributed by atoms with Crippen molar-refractivity contribution >= 4 is 25.2 Å². The van der Waals surface area contributed by atoms with Crippen molar-refractivity contribution in [2.24, 2.45) is 0 Å². The zero-order chi connectivity index (χ0) is 26.8. The highest BCUT2D eigenvalue weighted by atomic mass is 28.3. The zero-order valence-corrected chi connectivity index (χ0v) is 24.6. The molecule has 0 saturated carbocycles. The monoisotopic (exact) mass is 532 g/mol. The van der Waals surface area contributed by atoms with Crippen LogP contribution in [0.2, 0.25) is 25.7 Å². The predicted molar refractivity (Wildman–Crippen MR) is 146 cm³/mol. The van der Waals surface area contributed by atoms with E-state index in [0.29, 0.717) is 25.1 Å². The third-order valence-corrected chi connectivity index (χ3v) is 8.68. The molecule has 10 heteroatoms. The van der Waals surface area contributed by atoms with Gasteiger partial charge in [0.05, 0.1) is 11.9 Å². The van der Waals surface area contributed by atoms with Gasteiger partial charge in [0.2, 0.25) is 5.88 Å². The highest BCUT2D eigenvalue weighted by molar-refractivity contribution is 6.76. The molecule has 2 aliphatic rings. The molecule has 2 aromatic rings. The van der Waals surface area contributed by atoms with E-state index in [-0.39, 0.29) is 18.2 Å². The van der Waals surface area contributed by atoms with Crippen molar-refractivity contribution < 1.29 is 23.7 Å². The molecule has 206 valence electrons. The zero-order valence-electron chi connectivity index (χ0n) is 23.6. The average Bonchev–Trinajstić information content (AvgIpc) is 3.36. The molecule has 0 N–H and O–H groups in total. The van der Waals surface area contributed by atoms with Gasteiger partial charge in [-0.2, -0.15) is 0 Å². The van der Waals surface area contributed by atoms with Gasteiger partial charge in [-0.3, -0.25) is 0 Å². The number of hydrogen-bond acceptors (Lipinski definition) is 7. The molecule has 2 aliphatic heterocycles. The number of hydrogen-bond donors (Lipinski definition) is 0. The molecule has 1 amide bonds. The maximum absolute atomic E-state index is 12.7. The molecule has 37 heavy (non-hydrogen) atoms. The normalized spacial score (nSPS) is 21.5. The summed E-state index contributed by atoms with van der Waals surface area (Å²) >= 11 is 0. The Hall–Kier alpha value is -2.17. The van der Waals surface area contributed by atoms with Crippen LogP contribution in [-0.2, 0) is 20.9 Å². The van der Waals surface area contributed by atoms with Crippen LogP contribution < -0.4 is 4.74 Å². The number of carbonyl (C=O) groups excluding carboxylic acids is 1. The van der Waals surface area contributed by atoms with E-state index in [1.165, 1.54) is 5.56 Å². The van der Waals surface area contributed by atoms with Crippen LogP contribution in [0.3, 0.4) is 0 Å². The van der Waals surface area contributed by atoms with Crippen molar-refractivity contribution in [1.82, 2.24) is 19.4 Å². The third kappa shape index (κ3) is 7.23. The number of likely N-dealkylation sites (tertiary alicyclic amines) is 1. The lowest BCUT2D eigenvalue weighted by molar-refractivity contribution is 0.0223. The van der Waals surface area contributed by atoms with E-state index in [0.717, 1.165) is 56.2 Å². The molecule has 9 nitrogen and oxygen atoms in total. The molecule has 2 fully saturated rings. The van der Waals surface area contributed by atoms with E-state index in [4.69, 9.17) is 18.9 Å². The van der Waals surface area contributed by atoms with E-state index >= 15 is 0 Å². The second-order valence-corrected chi connectivity index (χ2v) is 18.2. The minimum atomic E-state index is -1.16. The van der Waals surface area contributed by atoms with Gasteiger partial charge in [0.15, 0.2) is 0 Å². The Morgan fingerprint density at radius 1 is 1.19 bits per heavy atom. The maximum Gasteiger partial charge on any atom is 0.410 e. The molecule has 0 unspecified atom stereocenters. The molecule has 0 radical (unpaired) electrons. The first kappa shape index (κ1) is 27.9. The van der Waals surface area contributed by atoms with Crippen LogP contribution in [-0.4, -0.2) is 77.7 Å². The topological polar surface area (TPSA) is 87.9 Å². The molecule has 0 bridgehead atoms. The van der Waals surface area contributed by atoms with E-state index in [2.05, 4.69) is 40.4 Å². The molecule has 2 saturated heterocycles. The first-order valence-electron chi connectivity index (χ1n) is 13.6. The summed E-state index contributed by atoms with van der Waals surface area (Å²) in [6.45, 7) is 17.9. The van der Waals surface area contributed by atoms with Crippen LogP contribution in [0.25, 0.3) is 11.0 Å². The molecular formula is C27H44N4O5Si. The number of ether oxygens (including phenoxy) is 4. The second kappa shape index (κ2) is 11.3. The summed E-state index contributed by atoms with van der Waals surface area (Å²) in [7, 11) is -1.16. The second-order valence-electron chi connectivity index (χ2n) is 12.6. The summed E-state index contributed by atoms with van der Waals surface area (Å²) < 4.78 is 25.9. The number of rotatable bonds is 8. The summed E-state index contributed by atoms with van der Waals surface area (Å²) in [5.41, 5.74) is 1.49. The number of nitrogens with zero attached hydrogens (tertiary/aromatic N) is 4. The summed E-state index contributed by atoms with van der Waals surface area (Å²) in [5.74, 6) is 0.934. The number of fused-ring (bicyclic) bond motifs is 1. The third-order valence-electron chi connectivity index (χ3n) is 6.98. The van der Waals surface area contributed by atoms with Crippen molar-refractivity contribution in [1.29, 1.82) is 0 Å². The summed E-state index contributed by atoms with van der Waals surface area (Å²) in [5, 5.41) is 0.951. The van der Waals surface area contributed by atoms with Crippen LogP contribution >= 0.6 is 0 Å². The van der Waals surface area contributed by atoms with Crippen LogP contribution in [0.1, 0.15) is 58.4 Å². The quantitative estimate of drug-likeness (QED) is 0.332. The number of amides is 1. The highest BCUT2D eigenvalue weighted by Crippen LogP contribution is 2.38. The van der Waals surface area contributed by atoms with Crippen LogP contribution in [0.4, 0.5) is 4.79 Å². The Labute approximate surface area is 221 Å². The molecule has 4 rings (SSSR count). The fraction of sp³-hybridized carbons (Fsp3) is 0.741. The summed E-state index contributed by atoms with van der Waals surface area (Å²) in [4.78, 5) is 23.7. The molecule has 2 atom stereocenters. The average molecular weight is 533 g/mol. The van der Waals surface area contributed by atoms with Gasteiger partial charge in [-0.05, 0) is 58.1 Å². The van der Waals surface area contributed by atoms with E-state index in [1.54, 1.807) is 11.2 Å². The van der Waals surface area contributed by atoms with Gasteiger partial charge in [-0.15, -0.1) is 0 Å². The molecule has 0 spiro atoms. The molecule has 0 aliphatic carbocycles. The predicted octanol–water partition coefficient (Wildman–Crippen LogP) is 5.41. The van der Waals surface area contributed by atoms with Gasteiger partial charge in [0, 0.05) is 46.6 Å². The lowest BCUT2D eigenvalue weighted by Crippen LogP contribution is -2.39. The van der Waals surface area contributed by atoms with Crippen molar-refractivity contribution in [3.8, 4) is 5.88 Å². The minimum Gasteiger partial charge on any atom is -0.472 e. The Kier molecular flexibility index (Phi) is 8.50. The first-order valence-corrected chi connectivity index (χ1v) is 17.3. The maximum atomic E-state index is 12.7. The van der Waals surface area contributed by atoms with Crippen molar-refractivity contribution in [3.05, 3.63) is 18.1 Å². The van der Waals surface area contributed by atoms with Crippen LogP contribution in [0.5, 0.6) is 5.88 Å². The molecule has 0 aromatic carbocycles. The van der Waals surface area contributed by atoms with Crippen LogP contribution in [0, 0.1) is 0 Å². The van der Waals surface area contributed by atoms with Gasteiger partial charge >= 0.3 is 6.09 Å². The summed E-state index contributed by atoms with van der Waals surface area (Å²) in [6, 6.07) is 1.15.